The number of Topliss-reactive ketones (excluding diaryl/α,β-unsaturated/α-hetero) is 1. The van der Waals surface area contributed by atoms with Gasteiger partial charge in [0.25, 0.3) is 0 Å². The summed E-state index contributed by atoms with van der Waals surface area (Å²) in [6.07, 6.45) is 2.77. The molecule has 6 nitrogen and oxygen atoms in total. The summed E-state index contributed by atoms with van der Waals surface area (Å²) >= 11 is 5.98. The van der Waals surface area contributed by atoms with E-state index in [0.29, 0.717) is 11.3 Å². The number of hydrogen-bond donors (Lipinski definition) is 1. The standard InChI is InChI=1S/C24H25ClN2O4/c1-14-16(12-23-24(29)18-11-19(25)21(28)13-22(18)31-23)17-10-15(30-4)6-7-20(17)27(14)9-5-8-26(2)3/h6-7,10-13,28H,5,8-9H2,1-4H3/b23-12-. The molecule has 1 aliphatic heterocycles. The van der Waals surface area contributed by atoms with Crippen molar-refractivity contribution < 1.29 is 19.4 Å². The minimum absolute atomic E-state index is 0.118. The van der Waals surface area contributed by atoms with Crippen molar-refractivity contribution in [3.8, 4) is 17.2 Å². The molecule has 0 atom stereocenters. The Balaban J connectivity index is 1.80. The molecular weight excluding hydrogens is 416 g/mol. The third kappa shape index (κ3) is 3.89. The summed E-state index contributed by atoms with van der Waals surface area (Å²) in [5.41, 5.74) is 3.37. The molecule has 0 amide bonds. The van der Waals surface area contributed by atoms with Crippen molar-refractivity contribution in [3.63, 3.8) is 0 Å². The predicted molar refractivity (Wildman–Crippen MR) is 122 cm³/mol. The maximum atomic E-state index is 12.9. The second kappa shape index (κ2) is 8.29. The Labute approximate surface area is 186 Å². The molecule has 0 bridgehead atoms. The summed E-state index contributed by atoms with van der Waals surface area (Å²) in [7, 11) is 5.76. The van der Waals surface area contributed by atoms with Crippen LogP contribution in [0.4, 0.5) is 0 Å². The van der Waals surface area contributed by atoms with Gasteiger partial charge in [-0.3, -0.25) is 4.79 Å². The maximum absolute atomic E-state index is 12.9. The van der Waals surface area contributed by atoms with Crippen LogP contribution in [0.25, 0.3) is 17.0 Å². The summed E-state index contributed by atoms with van der Waals surface area (Å²) in [5, 5.41) is 11.0. The third-order valence-corrected chi connectivity index (χ3v) is 5.88. The van der Waals surface area contributed by atoms with Crippen LogP contribution in [0, 0.1) is 6.92 Å². The smallest absolute Gasteiger partial charge is 0.232 e. The molecule has 3 aromatic rings. The van der Waals surface area contributed by atoms with Crippen molar-refractivity contribution in [1.29, 1.82) is 0 Å². The van der Waals surface area contributed by atoms with Crippen molar-refractivity contribution in [3.05, 3.63) is 57.9 Å². The number of halogens is 1. The number of aromatic hydroxyl groups is 1. The first-order chi connectivity index (χ1) is 14.8. The van der Waals surface area contributed by atoms with Crippen LogP contribution >= 0.6 is 11.6 Å². The van der Waals surface area contributed by atoms with E-state index in [9.17, 15) is 9.90 Å². The van der Waals surface area contributed by atoms with Crippen LogP contribution in [0.2, 0.25) is 5.02 Å². The first-order valence-electron chi connectivity index (χ1n) is 10.1. The number of phenolic OH excluding ortho intramolecular Hbond substituents is 1. The number of aryl methyl sites for hydroxylation is 1. The molecule has 0 saturated carbocycles. The van der Waals surface area contributed by atoms with E-state index < -0.39 is 0 Å². The lowest BCUT2D eigenvalue weighted by molar-refractivity contribution is 0.101. The number of aromatic nitrogens is 1. The molecule has 2 heterocycles. The number of fused-ring (bicyclic) bond motifs is 2. The Kier molecular flexibility index (Phi) is 5.69. The highest BCUT2D eigenvalue weighted by Gasteiger charge is 2.29. The minimum atomic E-state index is -0.257. The lowest BCUT2D eigenvalue weighted by Gasteiger charge is -2.12. The number of allylic oxidation sites excluding steroid dienone is 1. The van der Waals surface area contributed by atoms with Gasteiger partial charge in [0, 0.05) is 34.8 Å². The number of nitrogens with zero attached hydrogens (tertiary/aromatic N) is 2. The second-order valence-corrected chi connectivity index (χ2v) is 8.34. The molecular formula is C24H25ClN2O4. The average Bonchev–Trinajstić information content (AvgIpc) is 3.17. The molecule has 0 aliphatic carbocycles. The Morgan fingerprint density at radius 1 is 1.26 bits per heavy atom. The lowest BCUT2D eigenvalue weighted by atomic mass is 10.1. The highest BCUT2D eigenvalue weighted by molar-refractivity contribution is 6.33. The number of methoxy groups -OCH3 is 1. The largest absolute Gasteiger partial charge is 0.506 e. The molecule has 0 spiro atoms. The van der Waals surface area contributed by atoms with Gasteiger partial charge in [-0.2, -0.15) is 0 Å². The summed E-state index contributed by atoms with van der Waals surface area (Å²) in [6, 6.07) is 8.78. The van der Waals surface area contributed by atoms with Gasteiger partial charge in [0.15, 0.2) is 5.76 Å². The fourth-order valence-corrected chi connectivity index (χ4v) is 4.12. The summed E-state index contributed by atoms with van der Waals surface area (Å²) in [6.45, 7) is 3.88. The first-order valence-corrected chi connectivity index (χ1v) is 10.5. The number of carbonyl (C=O) groups excluding carboxylic acids is 1. The van der Waals surface area contributed by atoms with E-state index in [0.717, 1.165) is 47.4 Å². The number of ether oxygens (including phenoxy) is 2. The SMILES string of the molecule is COc1ccc2c(c1)c(/C=C1\Oc3cc(O)c(Cl)cc3C1=O)c(C)n2CCCN(C)C. The number of phenols is 1. The first kappa shape index (κ1) is 21.3. The molecule has 0 saturated heterocycles. The van der Waals surface area contributed by atoms with E-state index in [1.54, 1.807) is 13.2 Å². The molecule has 1 N–H and O–H groups in total. The molecule has 4 rings (SSSR count). The minimum Gasteiger partial charge on any atom is -0.506 e. The number of benzene rings is 2. The van der Waals surface area contributed by atoms with Crippen molar-refractivity contribution in [2.45, 2.75) is 19.9 Å². The van der Waals surface area contributed by atoms with Gasteiger partial charge in [0.05, 0.1) is 17.7 Å². The van der Waals surface area contributed by atoms with Crippen molar-refractivity contribution in [2.75, 3.05) is 27.7 Å². The highest BCUT2D eigenvalue weighted by atomic mass is 35.5. The molecule has 7 heteroatoms. The van der Waals surface area contributed by atoms with Crippen LogP contribution in [0.3, 0.4) is 0 Å². The van der Waals surface area contributed by atoms with Crippen LogP contribution in [0.15, 0.2) is 36.1 Å². The van der Waals surface area contributed by atoms with Gasteiger partial charge in [0.2, 0.25) is 5.78 Å². The third-order valence-electron chi connectivity index (χ3n) is 5.58. The number of hydrogen-bond acceptors (Lipinski definition) is 5. The van der Waals surface area contributed by atoms with Gasteiger partial charge < -0.3 is 24.0 Å². The predicted octanol–water partition coefficient (Wildman–Crippen LogP) is 4.89. The lowest BCUT2D eigenvalue weighted by Crippen LogP contribution is -2.15. The van der Waals surface area contributed by atoms with Gasteiger partial charge >= 0.3 is 0 Å². The van der Waals surface area contributed by atoms with E-state index in [2.05, 4.69) is 23.6 Å². The van der Waals surface area contributed by atoms with Gasteiger partial charge in [-0.15, -0.1) is 0 Å². The fourth-order valence-electron chi connectivity index (χ4n) is 3.96. The molecule has 31 heavy (non-hydrogen) atoms. The monoisotopic (exact) mass is 440 g/mol. The van der Waals surface area contributed by atoms with Crippen LogP contribution in [0.1, 0.15) is 28.0 Å². The zero-order valence-corrected chi connectivity index (χ0v) is 18.8. The summed E-state index contributed by atoms with van der Waals surface area (Å²) in [5.74, 6) is 0.884. The van der Waals surface area contributed by atoms with E-state index in [1.807, 2.05) is 25.1 Å². The second-order valence-electron chi connectivity index (χ2n) is 7.93. The van der Waals surface area contributed by atoms with Crippen molar-refractivity contribution in [1.82, 2.24) is 9.47 Å². The maximum Gasteiger partial charge on any atom is 0.232 e. The summed E-state index contributed by atoms with van der Waals surface area (Å²) in [4.78, 5) is 15.1. The van der Waals surface area contributed by atoms with Gasteiger partial charge in [-0.1, -0.05) is 11.6 Å². The van der Waals surface area contributed by atoms with Crippen LogP contribution in [-0.2, 0) is 6.54 Å². The zero-order chi connectivity index (χ0) is 22.3. The molecule has 0 unspecified atom stereocenters. The molecule has 1 aliphatic rings. The van der Waals surface area contributed by atoms with Gasteiger partial charge in [-0.25, -0.2) is 0 Å². The van der Waals surface area contributed by atoms with Crippen LogP contribution in [0.5, 0.6) is 17.2 Å². The quantitative estimate of drug-likeness (QED) is 0.553. The van der Waals surface area contributed by atoms with Crippen LogP contribution < -0.4 is 9.47 Å². The van der Waals surface area contributed by atoms with E-state index >= 15 is 0 Å². The van der Waals surface area contributed by atoms with E-state index in [-0.39, 0.29) is 22.3 Å². The average molecular weight is 441 g/mol. The highest BCUT2D eigenvalue weighted by Crippen LogP contribution is 2.40. The molecule has 2 aromatic carbocycles. The van der Waals surface area contributed by atoms with Crippen LogP contribution in [-0.4, -0.2) is 48.1 Å². The molecule has 162 valence electrons. The number of ketones is 1. The number of rotatable bonds is 6. The van der Waals surface area contributed by atoms with Crippen molar-refractivity contribution >= 4 is 34.4 Å². The molecule has 0 fully saturated rings. The zero-order valence-electron chi connectivity index (χ0n) is 18.0. The Bertz CT molecular complexity index is 1210. The molecule has 0 radical (unpaired) electrons. The number of carbonyl (C=O) groups is 1. The molecule has 1 aromatic heterocycles. The van der Waals surface area contributed by atoms with Gasteiger partial charge in [-0.05, 0) is 64.3 Å². The normalized spacial score (nSPS) is 14.5. The van der Waals surface area contributed by atoms with Crippen molar-refractivity contribution in [2.24, 2.45) is 0 Å². The fraction of sp³-hybridized carbons (Fsp3) is 0.292. The Morgan fingerprint density at radius 3 is 2.74 bits per heavy atom. The Hall–Kier alpha value is -2.96. The van der Waals surface area contributed by atoms with Gasteiger partial charge in [0.1, 0.15) is 17.2 Å². The topological polar surface area (TPSA) is 63.9 Å². The summed E-state index contributed by atoms with van der Waals surface area (Å²) < 4.78 is 13.5. The Morgan fingerprint density at radius 2 is 2.03 bits per heavy atom. The van der Waals surface area contributed by atoms with E-state index in [4.69, 9.17) is 21.1 Å². The van der Waals surface area contributed by atoms with E-state index in [1.165, 1.54) is 12.1 Å².